The maximum Gasteiger partial charge on any atom is 0.227 e. The number of oxazole rings is 1. The molecular formula is C44H26N4O2. The average molecular weight is 643 g/mol. The second-order valence-electron chi connectivity index (χ2n) is 12.2. The SMILES string of the molecule is c1ccc(-c2nc(-c3ccccc3)nc(-c3ccc(-c4cccc(-c5nc6c(ccc7oc8ccccc8c76)o5)c4)c4ccccc34)n2)cc1. The van der Waals surface area contributed by atoms with Crippen molar-refractivity contribution in [1.82, 2.24) is 19.9 Å². The predicted molar refractivity (Wildman–Crippen MR) is 199 cm³/mol. The molecule has 0 amide bonds. The quantitative estimate of drug-likeness (QED) is 0.186. The van der Waals surface area contributed by atoms with Crippen LogP contribution in [0.3, 0.4) is 0 Å². The van der Waals surface area contributed by atoms with Gasteiger partial charge in [-0.3, -0.25) is 0 Å². The lowest BCUT2D eigenvalue weighted by molar-refractivity contribution is 0.619. The van der Waals surface area contributed by atoms with E-state index in [4.69, 9.17) is 28.8 Å². The van der Waals surface area contributed by atoms with Crippen LogP contribution in [-0.4, -0.2) is 19.9 Å². The molecule has 0 aliphatic carbocycles. The molecule has 0 saturated carbocycles. The molecule has 0 bridgehead atoms. The normalized spacial score (nSPS) is 11.6. The Morgan fingerprint density at radius 2 is 0.900 bits per heavy atom. The summed E-state index contributed by atoms with van der Waals surface area (Å²) in [6.45, 7) is 0. The largest absolute Gasteiger partial charge is 0.456 e. The van der Waals surface area contributed by atoms with Gasteiger partial charge in [0, 0.05) is 27.6 Å². The van der Waals surface area contributed by atoms with Gasteiger partial charge >= 0.3 is 0 Å². The number of nitrogens with zero attached hydrogens (tertiary/aromatic N) is 4. The minimum absolute atomic E-state index is 0.563. The number of hydrogen-bond acceptors (Lipinski definition) is 6. The molecule has 0 spiro atoms. The molecule has 10 rings (SSSR count). The monoisotopic (exact) mass is 642 g/mol. The van der Waals surface area contributed by atoms with Crippen molar-refractivity contribution in [2.24, 2.45) is 0 Å². The van der Waals surface area contributed by atoms with Crippen molar-refractivity contribution in [2.45, 2.75) is 0 Å². The first kappa shape index (κ1) is 28.1. The Morgan fingerprint density at radius 3 is 1.64 bits per heavy atom. The Hall–Kier alpha value is -6.92. The zero-order chi connectivity index (χ0) is 33.0. The van der Waals surface area contributed by atoms with Gasteiger partial charge in [0.25, 0.3) is 0 Å². The van der Waals surface area contributed by atoms with Gasteiger partial charge in [-0.2, -0.15) is 0 Å². The van der Waals surface area contributed by atoms with E-state index in [-0.39, 0.29) is 0 Å². The van der Waals surface area contributed by atoms with Crippen molar-refractivity contribution in [3.8, 4) is 56.7 Å². The molecule has 0 N–H and O–H groups in total. The van der Waals surface area contributed by atoms with Crippen molar-refractivity contribution in [3.05, 3.63) is 158 Å². The van der Waals surface area contributed by atoms with E-state index in [9.17, 15) is 0 Å². The van der Waals surface area contributed by atoms with E-state index >= 15 is 0 Å². The topological polar surface area (TPSA) is 77.8 Å². The van der Waals surface area contributed by atoms with Gasteiger partial charge < -0.3 is 8.83 Å². The third-order valence-electron chi connectivity index (χ3n) is 9.18. The van der Waals surface area contributed by atoms with Gasteiger partial charge in [-0.25, -0.2) is 19.9 Å². The molecule has 3 heterocycles. The van der Waals surface area contributed by atoms with E-state index in [1.165, 1.54) is 0 Å². The molecule has 10 aromatic rings. The molecule has 234 valence electrons. The molecular weight excluding hydrogens is 617 g/mol. The van der Waals surface area contributed by atoms with Crippen LogP contribution in [0.15, 0.2) is 167 Å². The van der Waals surface area contributed by atoms with Crippen LogP contribution in [0.5, 0.6) is 0 Å². The third kappa shape index (κ3) is 4.65. The summed E-state index contributed by atoms with van der Waals surface area (Å²) in [6.07, 6.45) is 0. The summed E-state index contributed by atoms with van der Waals surface area (Å²) in [6, 6.07) is 53.0. The maximum atomic E-state index is 6.36. The van der Waals surface area contributed by atoms with Crippen LogP contribution in [-0.2, 0) is 0 Å². The van der Waals surface area contributed by atoms with E-state index in [0.29, 0.717) is 23.4 Å². The van der Waals surface area contributed by atoms with Crippen molar-refractivity contribution in [1.29, 1.82) is 0 Å². The van der Waals surface area contributed by atoms with Crippen LogP contribution < -0.4 is 0 Å². The molecule has 6 heteroatoms. The summed E-state index contributed by atoms with van der Waals surface area (Å²) >= 11 is 0. The standard InChI is InChI=1S/C44H26N4O2/c1-3-12-27(13-4-1)41-46-42(28-14-5-2-6-15-28)48-43(47-41)34-23-22-31(32-18-7-8-19-33(32)34)29-16-11-17-30(26-29)44-45-40-38(50-44)25-24-37-39(40)35-20-9-10-21-36(35)49-37/h1-26H. The van der Waals surface area contributed by atoms with Gasteiger partial charge in [-0.05, 0) is 58.3 Å². The number of benzene rings is 7. The van der Waals surface area contributed by atoms with Crippen molar-refractivity contribution in [2.75, 3.05) is 0 Å². The average Bonchev–Trinajstić information content (AvgIpc) is 3.80. The molecule has 0 unspecified atom stereocenters. The van der Waals surface area contributed by atoms with Gasteiger partial charge in [0.05, 0.1) is 5.39 Å². The summed E-state index contributed by atoms with van der Waals surface area (Å²) in [4.78, 5) is 19.9. The first-order chi connectivity index (χ1) is 24.8. The third-order valence-corrected chi connectivity index (χ3v) is 9.18. The first-order valence-corrected chi connectivity index (χ1v) is 16.5. The highest BCUT2D eigenvalue weighted by atomic mass is 16.4. The summed E-state index contributed by atoms with van der Waals surface area (Å²) in [5, 5.41) is 4.14. The Labute approximate surface area is 286 Å². The molecule has 50 heavy (non-hydrogen) atoms. The fourth-order valence-electron chi connectivity index (χ4n) is 6.82. The molecule has 0 fully saturated rings. The number of fused-ring (bicyclic) bond motifs is 6. The zero-order valence-corrected chi connectivity index (χ0v) is 26.6. The number of para-hydroxylation sites is 1. The van der Waals surface area contributed by atoms with E-state index in [1.54, 1.807) is 0 Å². The lowest BCUT2D eigenvalue weighted by atomic mass is 9.94. The highest BCUT2D eigenvalue weighted by Crippen LogP contribution is 2.39. The Balaban J connectivity index is 1.10. The molecule has 0 aliphatic heterocycles. The molecule has 0 saturated heterocycles. The summed E-state index contributed by atoms with van der Waals surface area (Å²) < 4.78 is 12.5. The van der Waals surface area contributed by atoms with Gasteiger partial charge in [0.15, 0.2) is 23.1 Å². The Bertz CT molecular complexity index is 2820. The second-order valence-corrected chi connectivity index (χ2v) is 12.2. The maximum absolute atomic E-state index is 6.36. The van der Waals surface area contributed by atoms with Crippen LogP contribution in [0.25, 0.3) is 101 Å². The smallest absolute Gasteiger partial charge is 0.227 e. The zero-order valence-electron chi connectivity index (χ0n) is 26.6. The van der Waals surface area contributed by atoms with Crippen LogP contribution in [0.1, 0.15) is 0 Å². The first-order valence-electron chi connectivity index (χ1n) is 16.5. The fourth-order valence-corrected chi connectivity index (χ4v) is 6.82. The molecule has 7 aromatic carbocycles. The van der Waals surface area contributed by atoms with Crippen molar-refractivity contribution >= 4 is 43.8 Å². The van der Waals surface area contributed by atoms with Crippen LogP contribution >= 0.6 is 0 Å². The lowest BCUT2D eigenvalue weighted by Gasteiger charge is -2.13. The summed E-state index contributed by atoms with van der Waals surface area (Å²) in [5.41, 5.74) is 9.00. The Morgan fingerprint density at radius 1 is 0.340 bits per heavy atom. The molecule has 0 radical (unpaired) electrons. The highest BCUT2D eigenvalue weighted by molar-refractivity contribution is 6.16. The summed E-state index contributed by atoms with van der Waals surface area (Å²) in [5.74, 6) is 2.45. The molecule has 3 aromatic heterocycles. The van der Waals surface area contributed by atoms with E-state index in [2.05, 4.69) is 60.7 Å². The number of hydrogen-bond donors (Lipinski definition) is 0. The van der Waals surface area contributed by atoms with E-state index in [1.807, 2.05) is 97.1 Å². The number of furan rings is 1. The van der Waals surface area contributed by atoms with E-state index in [0.717, 1.165) is 77.2 Å². The fraction of sp³-hybridized carbons (Fsp3) is 0. The number of aromatic nitrogens is 4. The molecule has 0 aliphatic rings. The molecule has 6 nitrogen and oxygen atoms in total. The minimum Gasteiger partial charge on any atom is -0.456 e. The van der Waals surface area contributed by atoms with Crippen LogP contribution in [0, 0.1) is 0 Å². The van der Waals surface area contributed by atoms with Gasteiger partial charge in [0.1, 0.15) is 16.7 Å². The summed E-state index contributed by atoms with van der Waals surface area (Å²) in [7, 11) is 0. The second kappa shape index (κ2) is 11.4. The van der Waals surface area contributed by atoms with Crippen molar-refractivity contribution in [3.63, 3.8) is 0 Å². The van der Waals surface area contributed by atoms with Crippen LogP contribution in [0.2, 0.25) is 0 Å². The lowest BCUT2D eigenvalue weighted by Crippen LogP contribution is -2.00. The van der Waals surface area contributed by atoms with Gasteiger partial charge in [0.2, 0.25) is 5.89 Å². The number of rotatable bonds is 5. The van der Waals surface area contributed by atoms with E-state index < -0.39 is 0 Å². The Kier molecular flexibility index (Phi) is 6.39. The minimum atomic E-state index is 0.563. The molecule has 0 atom stereocenters. The van der Waals surface area contributed by atoms with Crippen molar-refractivity contribution < 1.29 is 8.83 Å². The van der Waals surface area contributed by atoms with Crippen LogP contribution in [0.4, 0.5) is 0 Å². The predicted octanol–water partition coefficient (Wildman–Crippen LogP) is 11.4. The van der Waals surface area contributed by atoms with Gasteiger partial charge in [-0.15, -0.1) is 0 Å². The van der Waals surface area contributed by atoms with Gasteiger partial charge in [-0.1, -0.05) is 121 Å². The highest BCUT2D eigenvalue weighted by Gasteiger charge is 2.19.